The highest BCUT2D eigenvalue weighted by Gasteiger charge is 2.17. The predicted molar refractivity (Wildman–Crippen MR) is 83.2 cm³/mol. The van der Waals surface area contributed by atoms with E-state index in [0.29, 0.717) is 16.7 Å². The average Bonchev–Trinajstić information content (AvgIpc) is 3.05. The Balaban J connectivity index is 2.18. The number of thioether (sulfide) groups is 1. The minimum absolute atomic E-state index is 0.0415. The van der Waals surface area contributed by atoms with Crippen molar-refractivity contribution in [3.05, 3.63) is 29.7 Å². The van der Waals surface area contributed by atoms with E-state index in [4.69, 9.17) is 9.83 Å². The first-order valence-electron chi connectivity index (χ1n) is 6.46. The predicted octanol–water partition coefficient (Wildman–Crippen LogP) is 2.61. The Bertz CT molecular complexity index is 715. The fourth-order valence-corrected chi connectivity index (χ4v) is 2.74. The first-order valence-corrected chi connectivity index (χ1v) is 7.45. The third-order valence-corrected chi connectivity index (χ3v) is 3.96. The van der Waals surface area contributed by atoms with Crippen molar-refractivity contribution < 1.29 is 14.3 Å². The van der Waals surface area contributed by atoms with Crippen molar-refractivity contribution in [3.8, 4) is 11.6 Å². The molecule has 2 N–H and O–H groups in total. The van der Waals surface area contributed by atoms with Crippen LogP contribution in [0.1, 0.15) is 13.8 Å². The number of hydrogen-bond donors (Lipinski definition) is 2. The van der Waals surface area contributed by atoms with Gasteiger partial charge in [-0.15, -0.1) is 10.2 Å². The minimum Gasteiger partial charge on any atom is -0.511 e. The largest absolute Gasteiger partial charge is 0.511 e. The lowest BCUT2D eigenvalue weighted by Crippen LogP contribution is -2.10. The third-order valence-electron chi connectivity index (χ3n) is 2.93. The molecule has 0 saturated carbocycles. The highest BCUT2D eigenvalue weighted by atomic mass is 32.2. The van der Waals surface area contributed by atoms with E-state index < -0.39 is 0 Å². The van der Waals surface area contributed by atoms with Gasteiger partial charge in [-0.3, -0.25) is 4.79 Å². The molecule has 0 saturated heterocycles. The zero-order valence-electron chi connectivity index (χ0n) is 12.5. The summed E-state index contributed by atoms with van der Waals surface area (Å²) in [5.41, 5.74) is 0.0840. The summed E-state index contributed by atoms with van der Waals surface area (Å²) < 4.78 is 7.01. The molecule has 0 aliphatic rings. The maximum atomic E-state index is 11.5. The number of ketones is 1. The summed E-state index contributed by atoms with van der Waals surface area (Å²) in [6.45, 7) is 2.79. The fourth-order valence-electron chi connectivity index (χ4n) is 1.95. The molecule has 7 nitrogen and oxygen atoms in total. The van der Waals surface area contributed by atoms with Crippen molar-refractivity contribution in [1.29, 1.82) is 5.41 Å². The summed E-state index contributed by atoms with van der Waals surface area (Å²) in [6.07, 6.45) is 1.55. The maximum Gasteiger partial charge on any atom is 0.200 e. The highest BCUT2D eigenvalue weighted by molar-refractivity contribution is 7.99. The molecule has 0 bridgehead atoms. The van der Waals surface area contributed by atoms with Crippen LogP contribution in [-0.4, -0.2) is 37.1 Å². The van der Waals surface area contributed by atoms with E-state index in [1.165, 1.54) is 25.6 Å². The molecule has 2 heterocycles. The maximum absolute atomic E-state index is 11.5. The van der Waals surface area contributed by atoms with Crippen LogP contribution in [0, 0.1) is 5.41 Å². The van der Waals surface area contributed by atoms with Crippen LogP contribution in [0.15, 0.2) is 39.3 Å². The van der Waals surface area contributed by atoms with Gasteiger partial charge in [0, 0.05) is 12.8 Å². The van der Waals surface area contributed by atoms with Gasteiger partial charge in [0.05, 0.1) is 17.6 Å². The second-order valence-corrected chi connectivity index (χ2v) is 5.58. The number of allylic oxidation sites excluding steroid dienone is 1. The summed E-state index contributed by atoms with van der Waals surface area (Å²) in [5.74, 6) is 0.842. The number of rotatable bonds is 6. The van der Waals surface area contributed by atoms with Crippen molar-refractivity contribution in [2.75, 3.05) is 5.75 Å². The molecule has 0 fully saturated rings. The van der Waals surface area contributed by atoms with Crippen LogP contribution < -0.4 is 0 Å². The highest BCUT2D eigenvalue weighted by Crippen LogP contribution is 2.24. The minimum atomic E-state index is -0.333. The van der Waals surface area contributed by atoms with Gasteiger partial charge in [0.15, 0.2) is 22.5 Å². The molecule has 2 aromatic rings. The molecule has 8 heteroatoms. The Labute approximate surface area is 131 Å². The number of furan rings is 1. The van der Waals surface area contributed by atoms with Gasteiger partial charge in [0.2, 0.25) is 0 Å². The van der Waals surface area contributed by atoms with Crippen molar-refractivity contribution in [2.45, 2.75) is 19.0 Å². The van der Waals surface area contributed by atoms with Crippen LogP contribution >= 0.6 is 11.8 Å². The second-order valence-electron chi connectivity index (χ2n) is 4.63. The number of aliphatic hydroxyl groups is 1. The molecular formula is C14H16N4O3S. The van der Waals surface area contributed by atoms with Crippen LogP contribution in [0.25, 0.3) is 11.6 Å². The summed E-state index contributed by atoms with van der Waals surface area (Å²) in [7, 11) is 1.79. The van der Waals surface area contributed by atoms with Crippen molar-refractivity contribution in [1.82, 2.24) is 14.8 Å². The Hall–Kier alpha value is -2.35. The van der Waals surface area contributed by atoms with E-state index >= 15 is 0 Å². The van der Waals surface area contributed by atoms with E-state index in [1.807, 2.05) is 0 Å². The van der Waals surface area contributed by atoms with Gasteiger partial charge in [-0.25, -0.2) is 0 Å². The summed E-state index contributed by atoms with van der Waals surface area (Å²) in [5, 5.41) is 26.2. The van der Waals surface area contributed by atoms with Crippen LogP contribution in [0.2, 0.25) is 0 Å². The summed E-state index contributed by atoms with van der Waals surface area (Å²) in [4.78, 5) is 11.5. The van der Waals surface area contributed by atoms with E-state index in [-0.39, 0.29) is 28.6 Å². The Morgan fingerprint density at radius 3 is 2.73 bits per heavy atom. The molecule has 0 aromatic carbocycles. The first kappa shape index (κ1) is 16.0. The van der Waals surface area contributed by atoms with Gasteiger partial charge in [0.25, 0.3) is 0 Å². The topological polar surface area (TPSA) is 105 Å². The zero-order valence-corrected chi connectivity index (χ0v) is 13.3. The number of aromatic nitrogens is 3. The van der Waals surface area contributed by atoms with Gasteiger partial charge < -0.3 is 19.5 Å². The molecule has 0 radical (unpaired) electrons. The Morgan fingerprint density at radius 2 is 2.18 bits per heavy atom. The molecule has 0 aliphatic carbocycles. The number of nitrogens with one attached hydrogen (secondary N) is 1. The molecule has 0 aliphatic heterocycles. The standard InChI is InChI=1S/C14H16N4O3S/c1-8(15)12(9(2)19)10(20)7-22-14-17-16-13(18(14)3)11-5-4-6-21-11/h4-6,15,20H,7H2,1-3H3/b12-10+,15-8?. The van der Waals surface area contributed by atoms with Gasteiger partial charge in [-0.2, -0.15) is 0 Å². The molecular weight excluding hydrogens is 304 g/mol. The monoisotopic (exact) mass is 320 g/mol. The molecule has 116 valence electrons. The van der Waals surface area contributed by atoms with Gasteiger partial charge >= 0.3 is 0 Å². The number of Topliss-reactive ketones (excluding diaryl/α,β-unsaturated/α-hetero) is 1. The normalized spacial score (nSPS) is 12.1. The van der Waals surface area contributed by atoms with E-state index in [9.17, 15) is 9.90 Å². The molecule has 2 rings (SSSR count). The van der Waals surface area contributed by atoms with Crippen LogP contribution in [0.3, 0.4) is 0 Å². The second kappa shape index (κ2) is 6.61. The Morgan fingerprint density at radius 1 is 1.45 bits per heavy atom. The molecule has 0 spiro atoms. The lowest BCUT2D eigenvalue weighted by molar-refractivity contribution is -0.113. The average molecular weight is 320 g/mol. The smallest absolute Gasteiger partial charge is 0.200 e. The molecule has 0 atom stereocenters. The quantitative estimate of drug-likeness (QED) is 0.367. The van der Waals surface area contributed by atoms with Crippen LogP contribution in [0.4, 0.5) is 0 Å². The lowest BCUT2D eigenvalue weighted by Gasteiger charge is -2.06. The van der Waals surface area contributed by atoms with Crippen molar-refractivity contribution in [3.63, 3.8) is 0 Å². The fraction of sp³-hybridized carbons (Fsp3) is 0.286. The van der Waals surface area contributed by atoms with Crippen molar-refractivity contribution in [2.24, 2.45) is 7.05 Å². The molecule has 2 aromatic heterocycles. The number of aliphatic hydroxyl groups excluding tert-OH is 1. The van der Waals surface area contributed by atoms with Gasteiger partial charge in [0.1, 0.15) is 5.76 Å². The van der Waals surface area contributed by atoms with E-state index in [2.05, 4.69) is 10.2 Å². The summed E-state index contributed by atoms with van der Waals surface area (Å²) >= 11 is 1.23. The lowest BCUT2D eigenvalue weighted by atomic mass is 10.1. The SMILES string of the molecule is CC(=N)/C(C(C)=O)=C(\O)CSc1nnc(-c2ccco2)n1C. The molecule has 0 amide bonds. The van der Waals surface area contributed by atoms with Gasteiger partial charge in [-0.1, -0.05) is 11.8 Å². The van der Waals surface area contributed by atoms with Gasteiger partial charge in [-0.05, 0) is 26.0 Å². The Kier molecular flexibility index (Phi) is 4.81. The number of nitrogens with zero attached hydrogens (tertiary/aromatic N) is 3. The van der Waals surface area contributed by atoms with Crippen LogP contribution in [-0.2, 0) is 11.8 Å². The first-order chi connectivity index (χ1) is 10.4. The van der Waals surface area contributed by atoms with E-state index in [1.54, 1.807) is 30.0 Å². The third kappa shape index (κ3) is 3.28. The number of carbonyl (C=O) groups is 1. The molecule has 22 heavy (non-hydrogen) atoms. The molecule has 0 unspecified atom stereocenters. The summed E-state index contributed by atoms with van der Waals surface area (Å²) in [6, 6.07) is 3.54. The van der Waals surface area contributed by atoms with E-state index in [0.717, 1.165) is 0 Å². The number of hydrogen-bond acceptors (Lipinski definition) is 7. The van der Waals surface area contributed by atoms with Crippen molar-refractivity contribution >= 4 is 23.3 Å². The van der Waals surface area contributed by atoms with Crippen LogP contribution in [0.5, 0.6) is 0 Å². The zero-order chi connectivity index (χ0) is 16.3. The number of carbonyl (C=O) groups excluding carboxylic acids is 1.